The molecule has 1 aromatic heterocycles. The number of aryl methyl sites for hydroxylation is 2. The van der Waals surface area contributed by atoms with Crippen LogP contribution in [0.4, 0.5) is 0 Å². The summed E-state index contributed by atoms with van der Waals surface area (Å²) >= 11 is 0. The second-order valence-electron chi connectivity index (χ2n) is 8.79. The van der Waals surface area contributed by atoms with Crippen molar-refractivity contribution in [3.8, 4) is 11.5 Å². The number of benzene rings is 2. The van der Waals surface area contributed by atoms with Crippen molar-refractivity contribution in [2.75, 3.05) is 0 Å². The molecule has 0 saturated heterocycles. The number of rotatable bonds is 6. The van der Waals surface area contributed by atoms with Gasteiger partial charge in [0.05, 0.1) is 18.1 Å². The minimum Gasteiger partial charge on any atom is -0.490 e. The van der Waals surface area contributed by atoms with Crippen LogP contribution in [0.1, 0.15) is 55.0 Å². The molecule has 1 atom stereocenters. The Morgan fingerprint density at radius 3 is 2.68 bits per heavy atom. The van der Waals surface area contributed by atoms with Gasteiger partial charge < -0.3 is 19.4 Å². The molecule has 2 heterocycles. The number of hydrogen-bond donors (Lipinski definition) is 1. The number of ether oxygens (including phenoxy) is 2. The van der Waals surface area contributed by atoms with E-state index in [0.29, 0.717) is 12.1 Å². The molecular weight excluding hydrogens is 386 g/mol. The van der Waals surface area contributed by atoms with Gasteiger partial charge in [0.2, 0.25) is 0 Å². The molecule has 1 aliphatic heterocycles. The summed E-state index contributed by atoms with van der Waals surface area (Å²) in [5, 5.41) is 3.67. The fourth-order valence-electron chi connectivity index (χ4n) is 4.72. The van der Waals surface area contributed by atoms with Crippen LogP contribution < -0.4 is 14.8 Å². The van der Waals surface area contributed by atoms with Gasteiger partial charge in [0, 0.05) is 25.8 Å². The van der Waals surface area contributed by atoms with Gasteiger partial charge in [-0.25, -0.2) is 4.98 Å². The molecule has 5 nitrogen and oxygen atoms in total. The molecule has 3 aromatic rings. The summed E-state index contributed by atoms with van der Waals surface area (Å²) in [6.45, 7) is 0.876. The summed E-state index contributed by atoms with van der Waals surface area (Å²) in [6, 6.07) is 17.4. The summed E-state index contributed by atoms with van der Waals surface area (Å²) in [7, 11) is 2.04. The number of imidazole rings is 1. The zero-order valence-electron chi connectivity index (χ0n) is 18.2. The molecule has 0 spiro atoms. The van der Waals surface area contributed by atoms with Crippen LogP contribution in [0.5, 0.6) is 11.5 Å². The van der Waals surface area contributed by atoms with Gasteiger partial charge in [-0.15, -0.1) is 0 Å². The Hall–Kier alpha value is -2.79. The van der Waals surface area contributed by atoms with Crippen LogP contribution in [0.15, 0.2) is 61.1 Å². The second kappa shape index (κ2) is 9.15. The second-order valence-corrected chi connectivity index (χ2v) is 8.79. The maximum Gasteiger partial charge on any atom is 0.124 e. The zero-order chi connectivity index (χ0) is 21.0. The van der Waals surface area contributed by atoms with Crippen molar-refractivity contribution in [1.29, 1.82) is 0 Å². The van der Waals surface area contributed by atoms with E-state index in [1.54, 1.807) is 0 Å². The maximum absolute atomic E-state index is 6.35. The van der Waals surface area contributed by atoms with Crippen LogP contribution in [0.25, 0.3) is 0 Å². The number of nitrogens with zero attached hydrogens (tertiary/aromatic N) is 2. The third kappa shape index (κ3) is 4.77. The monoisotopic (exact) mass is 417 g/mol. The van der Waals surface area contributed by atoms with Gasteiger partial charge >= 0.3 is 0 Å². The molecule has 5 heteroatoms. The smallest absolute Gasteiger partial charge is 0.124 e. The molecule has 2 aliphatic rings. The number of fused-ring (bicyclic) bond motifs is 1. The SMILES string of the molecule is Cn1cncc1CN[C@H]1CC[C@H](Oc2ccc3c(c2)CCC(c2ccccc2)O3)CC1. The van der Waals surface area contributed by atoms with Gasteiger partial charge in [-0.05, 0) is 67.9 Å². The van der Waals surface area contributed by atoms with E-state index in [9.17, 15) is 0 Å². The van der Waals surface area contributed by atoms with E-state index < -0.39 is 0 Å². The van der Waals surface area contributed by atoms with Gasteiger partial charge in [0.1, 0.15) is 17.6 Å². The predicted molar refractivity (Wildman–Crippen MR) is 121 cm³/mol. The highest BCUT2D eigenvalue weighted by Crippen LogP contribution is 2.37. The Labute approximate surface area is 184 Å². The van der Waals surface area contributed by atoms with E-state index in [4.69, 9.17) is 9.47 Å². The maximum atomic E-state index is 6.35. The van der Waals surface area contributed by atoms with Crippen LogP contribution in [0.2, 0.25) is 0 Å². The van der Waals surface area contributed by atoms with E-state index in [-0.39, 0.29) is 6.10 Å². The summed E-state index contributed by atoms with van der Waals surface area (Å²) < 4.78 is 14.7. The lowest BCUT2D eigenvalue weighted by molar-refractivity contribution is 0.138. The van der Waals surface area contributed by atoms with Crippen LogP contribution >= 0.6 is 0 Å². The highest BCUT2D eigenvalue weighted by atomic mass is 16.5. The molecule has 5 rings (SSSR count). The van der Waals surface area contributed by atoms with Gasteiger partial charge in [-0.3, -0.25) is 0 Å². The average molecular weight is 418 g/mol. The molecule has 1 fully saturated rings. The van der Waals surface area contributed by atoms with E-state index in [1.165, 1.54) is 16.8 Å². The molecule has 31 heavy (non-hydrogen) atoms. The first-order valence-corrected chi connectivity index (χ1v) is 11.4. The van der Waals surface area contributed by atoms with E-state index >= 15 is 0 Å². The number of hydrogen-bond acceptors (Lipinski definition) is 4. The van der Waals surface area contributed by atoms with Crippen molar-refractivity contribution in [2.24, 2.45) is 7.05 Å². The molecular formula is C26H31N3O2. The van der Waals surface area contributed by atoms with E-state index in [0.717, 1.165) is 56.6 Å². The summed E-state index contributed by atoms with van der Waals surface area (Å²) in [6.07, 6.45) is 10.7. The van der Waals surface area contributed by atoms with Crippen LogP contribution in [-0.2, 0) is 20.0 Å². The fraction of sp³-hybridized carbons (Fsp3) is 0.423. The van der Waals surface area contributed by atoms with Crippen molar-refractivity contribution in [3.63, 3.8) is 0 Å². The Morgan fingerprint density at radius 1 is 1.06 bits per heavy atom. The highest BCUT2D eigenvalue weighted by Gasteiger charge is 2.24. The minimum atomic E-state index is 0.148. The third-order valence-corrected chi connectivity index (χ3v) is 6.61. The van der Waals surface area contributed by atoms with E-state index in [2.05, 4.69) is 57.3 Å². The third-order valence-electron chi connectivity index (χ3n) is 6.61. The first kappa shape index (κ1) is 20.1. The Kier molecular flexibility index (Phi) is 5.94. The van der Waals surface area contributed by atoms with Crippen LogP contribution in [0, 0.1) is 0 Å². The first-order valence-electron chi connectivity index (χ1n) is 11.4. The molecule has 0 bridgehead atoms. The summed E-state index contributed by atoms with van der Waals surface area (Å²) in [5.41, 5.74) is 3.74. The summed E-state index contributed by atoms with van der Waals surface area (Å²) in [5.74, 6) is 1.97. The quantitative estimate of drug-likeness (QED) is 0.615. The number of nitrogens with one attached hydrogen (secondary N) is 1. The van der Waals surface area contributed by atoms with Gasteiger partial charge in [0.15, 0.2) is 0 Å². The molecule has 1 aliphatic carbocycles. The van der Waals surface area contributed by atoms with Crippen molar-refractivity contribution < 1.29 is 9.47 Å². The Morgan fingerprint density at radius 2 is 1.90 bits per heavy atom. The van der Waals surface area contributed by atoms with E-state index in [1.807, 2.05) is 25.6 Å². The molecule has 162 valence electrons. The summed E-state index contributed by atoms with van der Waals surface area (Å²) in [4.78, 5) is 4.19. The normalized spacial score (nSPS) is 23.1. The molecule has 0 amide bonds. The highest BCUT2D eigenvalue weighted by molar-refractivity contribution is 5.42. The average Bonchev–Trinajstić information content (AvgIpc) is 3.23. The molecule has 1 saturated carbocycles. The van der Waals surface area contributed by atoms with Gasteiger partial charge in [-0.2, -0.15) is 0 Å². The molecule has 1 unspecified atom stereocenters. The Bertz CT molecular complexity index is 993. The van der Waals surface area contributed by atoms with Crippen molar-refractivity contribution in [1.82, 2.24) is 14.9 Å². The van der Waals surface area contributed by atoms with Crippen molar-refractivity contribution in [2.45, 2.75) is 63.3 Å². The minimum absolute atomic E-state index is 0.148. The molecule has 2 aromatic carbocycles. The lowest BCUT2D eigenvalue weighted by Crippen LogP contribution is -2.36. The van der Waals surface area contributed by atoms with Crippen molar-refractivity contribution >= 4 is 0 Å². The van der Waals surface area contributed by atoms with Crippen LogP contribution in [0.3, 0.4) is 0 Å². The van der Waals surface area contributed by atoms with Gasteiger partial charge in [0.25, 0.3) is 0 Å². The van der Waals surface area contributed by atoms with Gasteiger partial charge in [-0.1, -0.05) is 30.3 Å². The lowest BCUT2D eigenvalue weighted by Gasteiger charge is -2.30. The predicted octanol–water partition coefficient (Wildman–Crippen LogP) is 4.97. The standard InChI is InChI=1S/C26H31N3O2/c1-29-18-27-16-22(29)17-28-21-8-10-23(11-9-21)30-24-12-14-26-20(15-24)7-13-25(31-26)19-5-3-2-4-6-19/h2-6,12,14-16,18,21,23,25,28H,7-11,13,17H2,1H3/t21-,23-,25?. The fourth-order valence-corrected chi connectivity index (χ4v) is 4.72. The van der Waals surface area contributed by atoms with Crippen molar-refractivity contribution in [3.05, 3.63) is 77.9 Å². The first-order chi connectivity index (χ1) is 15.2. The largest absolute Gasteiger partial charge is 0.490 e. The lowest BCUT2D eigenvalue weighted by atomic mass is 9.92. The topological polar surface area (TPSA) is 48.3 Å². The molecule has 0 radical (unpaired) electrons. The Balaban J connectivity index is 1.12. The number of aromatic nitrogens is 2. The van der Waals surface area contributed by atoms with Crippen LogP contribution in [-0.4, -0.2) is 21.7 Å². The zero-order valence-corrected chi connectivity index (χ0v) is 18.2. The molecule has 1 N–H and O–H groups in total.